The third-order valence-corrected chi connectivity index (χ3v) is 4.41. The van der Waals surface area contributed by atoms with Crippen molar-refractivity contribution in [3.8, 4) is 5.75 Å². The summed E-state index contributed by atoms with van der Waals surface area (Å²) in [6, 6.07) is 12.0. The van der Waals surface area contributed by atoms with Gasteiger partial charge in [0, 0.05) is 4.47 Å². The molecule has 0 aliphatic heterocycles. The molecule has 0 bridgehead atoms. The quantitative estimate of drug-likeness (QED) is 0.789. The molecule has 0 radical (unpaired) electrons. The van der Waals surface area contributed by atoms with Gasteiger partial charge in [-0.3, -0.25) is 0 Å². The Morgan fingerprint density at radius 1 is 1.10 bits per heavy atom. The van der Waals surface area contributed by atoms with Gasteiger partial charge in [-0.05, 0) is 64.7 Å². The lowest BCUT2D eigenvalue weighted by Gasteiger charge is -2.16. The highest BCUT2D eigenvalue weighted by atomic mass is 79.9. The van der Waals surface area contributed by atoms with Crippen LogP contribution in [-0.4, -0.2) is 6.61 Å². The fraction of sp³-hybridized carbons (Fsp3) is 0.250. The zero-order valence-corrected chi connectivity index (χ0v) is 14.7. The monoisotopic (exact) mass is 397 g/mol. The highest BCUT2D eigenvalue weighted by molar-refractivity contribution is 9.10. The van der Waals surface area contributed by atoms with Gasteiger partial charge in [-0.25, -0.2) is 0 Å². The van der Waals surface area contributed by atoms with Crippen LogP contribution in [0.25, 0.3) is 0 Å². The lowest BCUT2D eigenvalue weighted by atomic mass is 9.99. The number of hydrogen-bond donors (Lipinski definition) is 1. The van der Waals surface area contributed by atoms with Crippen LogP contribution in [0.3, 0.4) is 0 Å². The maximum Gasteiger partial charge on any atom is 0.133 e. The Bertz CT molecular complexity index is 613. The van der Waals surface area contributed by atoms with E-state index in [1.54, 1.807) is 0 Å². The second-order valence-electron chi connectivity index (χ2n) is 4.63. The molecule has 0 aliphatic carbocycles. The van der Waals surface area contributed by atoms with Gasteiger partial charge >= 0.3 is 0 Å². The maximum absolute atomic E-state index is 6.37. The van der Waals surface area contributed by atoms with Gasteiger partial charge in [0.1, 0.15) is 5.75 Å². The van der Waals surface area contributed by atoms with Gasteiger partial charge in [-0.15, -0.1) is 0 Å². The minimum atomic E-state index is -0.169. The van der Waals surface area contributed by atoms with E-state index < -0.39 is 0 Å². The normalized spacial score (nSPS) is 12.2. The van der Waals surface area contributed by atoms with E-state index in [0.717, 1.165) is 25.8 Å². The van der Waals surface area contributed by atoms with Gasteiger partial charge in [-0.1, -0.05) is 34.1 Å². The zero-order chi connectivity index (χ0) is 14.7. The minimum Gasteiger partial charge on any atom is -0.493 e. The van der Waals surface area contributed by atoms with Crippen molar-refractivity contribution in [1.82, 2.24) is 0 Å². The van der Waals surface area contributed by atoms with Crippen LogP contribution in [0.15, 0.2) is 45.3 Å². The summed E-state index contributed by atoms with van der Waals surface area (Å²) >= 11 is 7.11. The number of ether oxygens (including phenoxy) is 1. The van der Waals surface area contributed by atoms with Crippen molar-refractivity contribution in [3.63, 3.8) is 0 Å². The molecule has 0 heterocycles. The second-order valence-corrected chi connectivity index (χ2v) is 6.33. The summed E-state index contributed by atoms with van der Waals surface area (Å²) in [6.45, 7) is 4.68. The van der Waals surface area contributed by atoms with Gasteiger partial charge in [0.2, 0.25) is 0 Å². The molecule has 2 rings (SSSR count). The van der Waals surface area contributed by atoms with Crippen LogP contribution in [0.5, 0.6) is 5.75 Å². The smallest absolute Gasteiger partial charge is 0.133 e. The van der Waals surface area contributed by atoms with Crippen molar-refractivity contribution in [3.05, 3.63) is 62.0 Å². The Kier molecular flexibility index (Phi) is 5.24. The molecule has 1 atom stereocenters. The van der Waals surface area contributed by atoms with E-state index in [2.05, 4.69) is 57.0 Å². The van der Waals surface area contributed by atoms with E-state index in [1.807, 2.05) is 25.1 Å². The lowest BCUT2D eigenvalue weighted by molar-refractivity contribution is 0.338. The van der Waals surface area contributed by atoms with E-state index in [0.29, 0.717) is 6.61 Å². The Balaban J connectivity index is 2.33. The van der Waals surface area contributed by atoms with Crippen molar-refractivity contribution < 1.29 is 4.74 Å². The first-order valence-electron chi connectivity index (χ1n) is 6.46. The fourth-order valence-electron chi connectivity index (χ4n) is 2.05. The van der Waals surface area contributed by atoms with Crippen LogP contribution in [0, 0.1) is 6.92 Å². The molecule has 2 nitrogen and oxygen atoms in total. The Morgan fingerprint density at radius 2 is 1.85 bits per heavy atom. The first kappa shape index (κ1) is 15.5. The van der Waals surface area contributed by atoms with Crippen LogP contribution in [0.2, 0.25) is 0 Å². The average Bonchev–Trinajstić information content (AvgIpc) is 2.40. The predicted octanol–water partition coefficient (Wildman–Crippen LogP) is 4.97. The first-order valence-corrected chi connectivity index (χ1v) is 8.05. The highest BCUT2D eigenvalue weighted by Crippen LogP contribution is 2.32. The molecule has 0 aliphatic rings. The standard InChI is InChI=1S/C16H17Br2NO/c1-3-20-15-7-5-11(9-14(15)18)16(19)12-6-4-10(2)8-13(12)17/h4-9,16H,3,19H2,1-2H3. The molecular weight excluding hydrogens is 382 g/mol. The van der Waals surface area contributed by atoms with Crippen molar-refractivity contribution in [1.29, 1.82) is 0 Å². The van der Waals surface area contributed by atoms with Crippen molar-refractivity contribution in [2.24, 2.45) is 5.73 Å². The molecule has 2 aromatic rings. The first-order chi connectivity index (χ1) is 9.52. The number of aryl methyl sites for hydroxylation is 1. The molecule has 0 spiro atoms. The average molecular weight is 399 g/mol. The van der Waals surface area contributed by atoms with E-state index in [4.69, 9.17) is 10.5 Å². The summed E-state index contributed by atoms with van der Waals surface area (Å²) in [5.74, 6) is 0.839. The van der Waals surface area contributed by atoms with E-state index in [1.165, 1.54) is 5.56 Å². The Labute approximate surface area is 136 Å². The Morgan fingerprint density at radius 3 is 2.45 bits per heavy atom. The molecule has 1 unspecified atom stereocenters. The molecular formula is C16H17Br2NO. The van der Waals surface area contributed by atoms with E-state index in [9.17, 15) is 0 Å². The van der Waals surface area contributed by atoms with Gasteiger partial charge < -0.3 is 10.5 Å². The summed E-state index contributed by atoms with van der Waals surface area (Å²) < 4.78 is 7.48. The van der Waals surface area contributed by atoms with Crippen LogP contribution in [0.1, 0.15) is 29.7 Å². The van der Waals surface area contributed by atoms with E-state index in [-0.39, 0.29) is 6.04 Å². The second kappa shape index (κ2) is 6.74. The number of rotatable bonds is 4. The molecule has 4 heteroatoms. The van der Waals surface area contributed by atoms with Crippen LogP contribution in [-0.2, 0) is 0 Å². The molecule has 106 valence electrons. The summed E-state index contributed by atoms with van der Waals surface area (Å²) in [6.07, 6.45) is 0. The van der Waals surface area contributed by atoms with Crippen LogP contribution < -0.4 is 10.5 Å². The zero-order valence-electron chi connectivity index (χ0n) is 11.5. The van der Waals surface area contributed by atoms with Gasteiger partial charge in [-0.2, -0.15) is 0 Å². The molecule has 0 saturated heterocycles. The summed E-state index contributed by atoms with van der Waals surface area (Å²) in [7, 11) is 0. The lowest BCUT2D eigenvalue weighted by Crippen LogP contribution is -2.12. The molecule has 0 amide bonds. The topological polar surface area (TPSA) is 35.2 Å². The molecule has 0 aromatic heterocycles. The van der Waals surface area contributed by atoms with E-state index >= 15 is 0 Å². The van der Waals surface area contributed by atoms with Gasteiger partial charge in [0.05, 0.1) is 17.1 Å². The molecule has 20 heavy (non-hydrogen) atoms. The molecule has 2 aromatic carbocycles. The number of halogens is 2. The highest BCUT2D eigenvalue weighted by Gasteiger charge is 2.14. The van der Waals surface area contributed by atoms with Gasteiger partial charge in [0.25, 0.3) is 0 Å². The molecule has 0 fully saturated rings. The largest absolute Gasteiger partial charge is 0.493 e. The van der Waals surface area contributed by atoms with Crippen molar-refractivity contribution in [2.75, 3.05) is 6.61 Å². The number of hydrogen-bond acceptors (Lipinski definition) is 2. The number of benzene rings is 2. The Hall–Kier alpha value is -0.840. The third kappa shape index (κ3) is 3.43. The fourth-order valence-corrected chi connectivity index (χ4v) is 3.30. The van der Waals surface area contributed by atoms with Crippen LogP contribution in [0.4, 0.5) is 0 Å². The summed E-state index contributed by atoms with van der Waals surface area (Å²) in [5, 5.41) is 0. The maximum atomic E-state index is 6.37. The minimum absolute atomic E-state index is 0.169. The molecule has 2 N–H and O–H groups in total. The van der Waals surface area contributed by atoms with Gasteiger partial charge in [0.15, 0.2) is 0 Å². The summed E-state index contributed by atoms with van der Waals surface area (Å²) in [5.41, 5.74) is 9.70. The SMILES string of the molecule is CCOc1ccc(C(N)c2ccc(C)cc2Br)cc1Br. The summed E-state index contributed by atoms with van der Waals surface area (Å²) in [4.78, 5) is 0. The van der Waals surface area contributed by atoms with Crippen molar-refractivity contribution in [2.45, 2.75) is 19.9 Å². The molecule has 0 saturated carbocycles. The predicted molar refractivity (Wildman–Crippen MR) is 90.2 cm³/mol. The van der Waals surface area contributed by atoms with Crippen LogP contribution >= 0.6 is 31.9 Å². The number of nitrogens with two attached hydrogens (primary N) is 1. The third-order valence-electron chi connectivity index (χ3n) is 3.11. The van der Waals surface area contributed by atoms with Crippen molar-refractivity contribution >= 4 is 31.9 Å².